The molecule has 1 aliphatic heterocycles. The monoisotopic (exact) mass is 184 g/mol. The Balaban J connectivity index is 2.33. The molecule has 12 heavy (non-hydrogen) atoms. The molecule has 1 saturated carbocycles. The molecule has 2 aliphatic rings. The van der Waals surface area contributed by atoms with Gasteiger partial charge in [-0.05, 0) is 36.3 Å². The van der Waals surface area contributed by atoms with Crippen LogP contribution in [0.1, 0.15) is 46.5 Å². The smallest absolute Gasteiger partial charge is 0.0214 e. The third-order valence-corrected chi connectivity index (χ3v) is 6.76. The largest absolute Gasteiger partial charge is 0.154 e. The molecule has 1 heteroatoms. The first kappa shape index (κ1) is 8.93. The molecule has 2 fully saturated rings. The molecular formula is C11H20S. The molecule has 1 aliphatic carbocycles. The van der Waals surface area contributed by atoms with Gasteiger partial charge >= 0.3 is 0 Å². The number of hydrogen-bond acceptors (Lipinski definition) is 1. The van der Waals surface area contributed by atoms with E-state index in [2.05, 4.69) is 32.5 Å². The molecule has 2 unspecified atom stereocenters. The van der Waals surface area contributed by atoms with Crippen molar-refractivity contribution in [1.82, 2.24) is 0 Å². The molecule has 0 N–H and O–H groups in total. The molecule has 1 heterocycles. The third kappa shape index (κ3) is 0.865. The lowest BCUT2D eigenvalue weighted by Crippen LogP contribution is -2.37. The Bertz CT molecular complexity index is 185. The van der Waals surface area contributed by atoms with Gasteiger partial charge in [-0.3, -0.25) is 0 Å². The highest BCUT2D eigenvalue weighted by atomic mass is 32.2. The Labute approximate surface area is 80.5 Å². The normalized spacial score (nSPS) is 52.8. The first-order valence-electron chi connectivity index (χ1n) is 5.28. The number of thioether (sulfide) groups is 1. The van der Waals surface area contributed by atoms with Gasteiger partial charge in [0.15, 0.2) is 0 Å². The van der Waals surface area contributed by atoms with E-state index in [0.29, 0.717) is 10.2 Å². The van der Waals surface area contributed by atoms with Crippen molar-refractivity contribution >= 4 is 11.8 Å². The van der Waals surface area contributed by atoms with Gasteiger partial charge in [0.25, 0.3) is 0 Å². The molecule has 0 amide bonds. The Morgan fingerprint density at radius 1 is 1.42 bits per heavy atom. The second kappa shape index (κ2) is 2.67. The lowest BCUT2D eigenvalue weighted by Gasteiger charge is -2.38. The molecule has 0 aromatic carbocycles. The average molecular weight is 184 g/mol. The van der Waals surface area contributed by atoms with Crippen LogP contribution in [0.3, 0.4) is 0 Å². The van der Waals surface area contributed by atoms with Gasteiger partial charge < -0.3 is 0 Å². The molecule has 0 nitrogen and oxygen atoms in total. The SMILES string of the molecule is CC[C@]12CCCC1(C)C(C)CS2. The van der Waals surface area contributed by atoms with E-state index in [1.165, 1.54) is 31.4 Å². The van der Waals surface area contributed by atoms with Crippen LogP contribution in [0.25, 0.3) is 0 Å². The highest BCUT2D eigenvalue weighted by molar-refractivity contribution is 8.01. The van der Waals surface area contributed by atoms with Crippen LogP contribution in [0.4, 0.5) is 0 Å². The Morgan fingerprint density at radius 3 is 2.75 bits per heavy atom. The highest BCUT2D eigenvalue weighted by Gasteiger charge is 2.57. The Hall–Kier alpha value is 0.350. The van der Waals surface area contributed by atoms with Gasteiger partial charge in [0.2, 0.25) is 0 Å². The van der Waals surface area contributed by atoms with Gasteiger partial charge in [0.05, 0.1) is 0 Å². The second-order valence-electron chi connectivity index (χ2n) is 4.83. The zero-order valence-corrected chi connectivity index (χ0v) is 9.34. The summed E-state index contributed by atoms with van der Waals surface area (Å²) in [6.07, 6.45) is 5.82. The van der Waals surface area contributed by atoms with E-state index in [9.17, 15) is 0 Å². The highest BCUT2D eigenvalue weighted by Crippen LogP contribution is 2.65. The molecule has 1 saturated heterocycles. The van der Waals surface area contributed by atoms with Gasteiger partial charge in [-0.25, -0.2) is 0 Å². The zero-order chi connectivity index (χ0) is 8.82. The van der Waals surface area contributed by atoms with Crippen molar-refractivity contribution in [2.24, 2.45) is 11.3 Å². The van der Waals surface area contributed by atoms with Gasteiger partial charge in [0, 0.05) is 4.75 Å². The van der Waals surface area contributed by atoms with Gasteiger partial charge in [-0.1, -0.05) is 27.2 Å². The standard InChI is InChI=1S/C11H20S/c1-4-11-7-5-6-10(11,3)9(2)8-12-11/h9H,4-8H2,1-3H3/t9?,10?,11-/m0/s1. The molecule has 0 aromatic rings. The topological polar surface area (TPSA) is 0 Å². The fraction of sp³-hybridized carbons (Fsp3) is 1.00. The fourth-order valence-electron chi connectivity index (χ4n) is 3.34. The van der Waals surface area contributed by atoms with Crippen molar-refractivity contribution in [3.8, 4) is 0 Å². The average Bonchev–Trinajstić information content (AvgIpc) is 2.50. The molecule has 70 valence electrons. The van der Waals surface area contributed by atoms with Crippen molar-refractivity contribution < 1.29 is 0 Å². The van der Waals surface area contributed by atoms with Crippen LogP contribution in [-0.4, -0.2) is 10.5 Å². The summed E-state index contributed by atoms with van der Waals surface area (Å²) in [6, 6.07) is 0. The first-order valence-corrected chi connectivity index (χ1v) is 6.27. The molecule has 3 atom stereocenters. The maximum absolute atomic E-state index is 2.54. The molecule has 0 aromatic heterocycles. The summed E-state index contributed by atoms with van der Waals surface area (Å²) >= 11 is 2.27. The van der Waals surface area contributed by atoms with E-state index < -0.39 is 0 Å². The summed E-state index contributed by atoms with van der Waals surface area (Å²) in [5, 5.41) is 0. The van der Waals surface area contributed by atoms with Crippen LogP contribution in [0, 0.1) is 11.3 Å². The Morgan fingerprint density at radius 2 is 2.17 bits per heavy atom. The summed E-state index contributed by atoms with van der Waals surface area (Å²) in [5.74, 6) is 2.36. The summed E-state index contributed by atoms with van der Waals surface area (Å²) < 4.78 is 0.673. The van der Waals surface area contributed by atoms with Crippen LogP contribution >= 0.6 is 11.8 Å². The molecule has 0 radical (unpaired) electrons. The summed E-state index contributed by atoms with van der Waals surface area (Å²) in [7, 11) is 0. The summed E-state index contributed by atoms with van der Waals surface area (Å²) in [4.78, 5) is 0. The minimum Gasteiger partial charge on any atom is -0.154 e. The van der Waals surface area contributed by atoms with E-state index in [4.69, 9.17) is 0 Å². The van der Waals surface area contributed by atoms with Crippen LogP contribution in [-0.2, 0) is 0 Å². The minimum atomic E-state index is 0.673. The number of rotatable bonds is 1. The van der Waals surface area contributed by atoms with Crippen LogP contribution in [0.15, 0.2) is 0 Å². The quantitative estimate of drug-likeness (QED) is 0.598. The summed E-state index contributed by atoms with van der Waals surface area (Å²) in [6.45, 7) is 7.37. The molecular weight excluding hydrogens is 164 g/mol. The van der Waals surface area contributed by atoms with E-state index in [1.807, 2.05) is 0 Å². The van der Waals surface area contributed by atoms with E-state index in [0.717, 1.165) is 5.92 Å². The molecule has 0 bridgehead atoms. The van der Waals surface area contributed by atoms with E-state index in [-0.39, 0.29) is 0 Å². The first-order chi connectivity index (χ1) is 5.65. The predicted molar refractivity (Wildman–Crippen MR) is 56.6 cm³/mol. The maximum Gasteiger partial charge on any atom is 0.0214 e. The van der Waals surface area contributed by atoms with Crippen molar-refractivity contribution in [3.63, 3.8) is 0 Å². The number of fused-ring (bicyclic) bond motifs is 1. The predicted octanol–water partition coefficient (Wildman–Crippen LogP) is 3.71. The van der Waals surface area contributed by atoms with Crippen LogP contribution in [0.5, 0.6) is 0 Å². The van der Waals surface area contributed by atoms with Crippen molar-refractivity contribution in [2.75, 3.05) is 5.75 Å². The second-order valence-corrected chi connectivity index (χ2v) is 6.23. The van der Waals surface area contributed by atoms with Crippen molar-refractivity contribution in [1.29, 1.82) is 0 Å². The van der Waals surface area contributed by atoms with Crippen LogP contribution in [0.2, 0.25) is 0 Å². The fourth-order valence-corrected chi connectivity index (χ4v) is 5.40. The third-order valence-electron chi connectivity index (χ3n) is 4.59. The van der Waals surface area contributed by atoms with Crippen molar-refractivity contribution in [2.45, 2.75) is 51.2 Å². The van der Waals surface area contributed by atoms with Gasteiger partial charge in [-0.2, -0.15) is 11.8 Å². The van der Waals surface area contributed by atoms with Gasteiger partial charge in [0.1, 0.15) is 0 Å². The van der Waals surface area contributed by atoms with E-state index in [1.54, 1.807) is 0 Å². The van der Waals surface area contributed by atoms with E-state index >= 15 is 0 Å². The minimum absolute atomic E-state index is 0.673. The number of hydrogen-bond donors (Lipinski definition) is 0. The van der Waals surface area contributed by atoms with Gasteiger partial charge in [-0.15, -0.1) is 0 Å². The van der Waals surface area contributed by atoms with Crippen LogP contribution < -0.4 is 0 Å². The summed E-state index contributed by atoms with van der Waals surface area (Å²) in [5.41, 5.74) is 0.673. The zero-order valence-electron chi connectivity index (χ0n) is 8.52. The lowest BCUT2D eigenvalue weighted by atomic mass is 9.70. The Kier molecular flexibility index (Phi) is 1.98. The lowest BCUT2D eigenvalue weighted by molar-refractivity contribution is 0.193. The molecule has 0 spiro atoms. The van der Waals surface area contributed by atoms with Crippen molar-refractivity contribution in [3.05, 3.63) is 0 Å². The molecule has 2 rings (SSSR count). The maximum atomic E-state index is 2.54.